The highest BCUT2D eigenvalue weighted by molar-refractivity contribution is 5.96. The molecule has 0 unspecified atom stereocenters. The Bertz CT molecular complexity index is 342. The van der Waals surface area contributed by atoms with Crippen molar-refractivity contribution in [3.8, 4) is 5.75 Å². The summed E-state index contributed by atoms with van der Waals surface area (Å²) in [7, 11) is 0. The number of amides is 1. The number of hydrogen-bond acceptors (Lipinski definition) is 2. The van der Waals surface area contributed by atoms with Crippen molar-refractivity contribution >= 4 is 5.91 Å². The number of halogens is 2. The van der Waals surface area contributed by atoms with E-state index in [1.54, 1.807) is 0 Å². The van der Waals surface area contributed by atoms with E-state index in [2.05, 4.69) is 5.32 Å². The summed E-state index contributed by atoms with van der Waals surface area (Å²) in [5.74, 6) is -1.72. The van der Waals surface area contributed by atoms with Crippen molar-refractivity contribution in [1.82, 2.24) is 5.32 Å². The Hall–Kier alpha value is -1.65. The first-order chi connectivity index (χ1) is 6.65. The van der Waals surface area contributed by atoms with Crippen LogP contribution in [0.4, 0.5) is 8.78 Å². The average Bonchev–Trinajstić information content (AvgIpc) is 2.14. The van der Waals surface area contributed by atoms with Crippen molar-refractivity contribution in [2.24, 2.45) is 0 Å². The monoisotopic (exact) mass is 201 g/mol. The normalized spacial score (nSPS) is 9.86. The molecule has 0 heterocycles. The van der Waals surface area contributed by atoms with Gasteiger partial charge in [-0.25, -0.2) is 8.78 Å². The molecule has 0 radical (unpaired) electrons. The van der Waals surface area contributed by atoms with Gasteiger partial charge in [0.25, 0.3) is 5.91 Å². The molecule has 0 atom stereocenters. The van der Waals surface area contributed by atoms with Gasteiger partial charge in [0, 0.05) is 12.6 Å². The van der Waals surface area contributed by atoms with Crippen molar-refractivity contribution in [3.05, 3.63) is 29.6 Å². The van der Waals surface area contributed by atoms with Crippen LogP contribution in [0.3, 0.4) is 0 Å². The van der Waals surface area contributed by atoms with Crippen LogP contribution in [0.15, 0.2) is 18.2 Å². The van der Waals surface area contributed by atoms with E-state index < -0.39 is 24.1 Å². The Morgan fingerprint density at radius 1 is 1.50 bits per heavy atom. The van der Waals surface area contributed by atoms with Crippen LogP contribution in [0.25, 0.3) is 0 Å². The average molecular weight is 201 g/mol. The van der Waals surface area contributed by atoms with Gasteiger partial charge in [0.1, 0.15) is 18.2 Å². The minimum absolute atomic E-state index is 0.0696. The molecule has 0 aliphatic heterocycles. The molecule has 0 aliphatic rings. The number of nitrogens with one attached hydrogen (secondary N) is 1. The van der Waals surface area contributed by atoms with E-state index in [4.69, 9.17) is 5.11 Å². The zero-order valence-corrected chi connectivity index (χ0v) is 7.26. The Balaban J connectivity index is 2.80. The maximum absolute atomic E-state index is 12.5. The van der Waals surface area contributed by atoms with Crippen LogP contribution in [-0.4, -0.2) is 24.2 Å². The quantitative estimate of drug-likeness (QED) is 0.772. The van der Waals surface area contributed by atoms with Crippen LogP contribution >= 0.6 is 0 Å². The summed E-state index contributed by atoms with van der Waals surface area (Å²) in [4.78, 5) is 11.2. The topological polar surface area (TPSA) is 49.3 Å². The zero-order chi connectivity index (χ0) is 10.6. The van der Waals surface area contributed by atoms with Crippen LogP contribution in [0.2, 0.25) is 0 Å². The molecule has 0 aromatic heterocycles. The Labute approximate surface area is 79.4 Å². The molecule has 76 valence electrons. The van der Waals surface area contributed by atoms with Crippen LogP contribution < -0.4 is 5.32 Å². The number of rotatable bonds is 3. The molecule has 2 N–H and O–H groups in total. The number of benzene rings is 1. The van der Waals surface area contributed by atoms with Crippen molar-refractivity contribution in [2.45, 2.75) is 0 Å². The number of carbonyl (C=O) groups is 1. The third-order valence-corrected chi connectivity index (χ3v) is 1.58. The van der Waals surface area contributed by atoms with Crippen LogP contribution in [0.1, 0.15) is 10.4 Å². The highest BCUT2D eigenvalue weighted by Gasteiger charge is 2.10. The van der Waals surface area contributed by atoms with Gasteiger partial charge in [0.2, 0.25) is 0 Å². The lowest BCUT2D eigenvalue weighted by Gasteiger charge is -2.04. The fraction of sp³-hybridized carbons (Fsp3) is 0.222. The van der Waals surface area contributed by atoms with Gasteiger partial charge < -0.3 is 10.4 Å². The Morgan fingerprint density at radius 3 is 2.79 bits per heavy atom. The molecule has 0 fully saturated rings. The number of alkyl halides is 1. The molecule has 1 amide bonds. The molecule has 14 heavy (non-hydrogen) atoms. The number of phenolic OH excluding ortho intramolecular Hbond substituents is 1. The fourth-order valence-electron chi connectivity index (χ4n) is 0.953. The predicted molar refractivity (Wildman–Crippen MR) is 46.4 cm³/mol. The van der Waals surface area contributed by atoms with Crippen molar-refractivity contribution in [2.75, 3.05) is 13.2 Å². The lowest BCUT2D eigenvalue weighted by atomic mass is 10.2. The molecule has 0 aliphatic carbocycles. The van der Waals surface area contributed by atoms with E-state index in [9.17, 15) is 13.6 Å². The predicted octanol–water partition coefficient (Wildman–Crippen LogP) is 1.23. The summed E-state index contributed by atoms with van der Waals surface area (Å²) in [6, 6.07) is 3.01. The highest BCUT2D eigenvalue weighted by Crippen LogP contribution is 2.17. The second-order valence-electron chi connectivity index (χ2n) is 2.61. The van der Waals surface area contributed by atoms with E-state index >= 15 is 0 Å². The van der Waals surface area contributed by atoms with Gasteiger partial charge in [-0.3, -0.25) is 4.79 Å². The maximum Gasteiger partial charge on any atom is 0.255 e. The van der Waals surface area contributed by atoms with Gasteiger partial charge in [-0.1, -0.05) is 0 Å². The van der Waals surface area contributed by atoms with Gasteiger partial charge in [-0.15, -0.1) is 0 Å². The van der Waals surface area contributed by atoms with Crippen LogP contribution in [0.5, 0.6) is 5.75 Å². The molecule has 0 spiro atoms. The zero-order valence-electron chi connectivity index (χ0n) is 7.26. The molecule has 0 saturated carbocycles. The molecule has 0 bridgehead atoms. The lowest BCUT2D eigenvalue weighted by Crippen LogP contribution is -2.25. The Morgan fingerprint density at radius 2 is 2.21 bits per heavy atom. The van der Waals surface area contributed by atoms with Gasteiger partial charge in [-0.05, 0) is 12.1 Å². The van der Waals surface area contributed by atoms with E-state index in [1.165, 1.54) is 0 Å². The van der Waals surface area contributed by atoms with Gasteiger partial charge in [-0.2, -0.15) is 0 Å². The molecular formula is C9H9F2NO2. The summed E-state index contributed by atoms with van der Waals surface area (Å²) in [6.45, 7) is -0.816. The van der Waals surface area contributed by atoms with Crippen molar-refractivity contribution in [3.63, 3.8) is 0 Å². The third kappa shape index (κ3) is 2.42. The third-order valence-electron chi connectivity index (χ3n) is 1.58. The summed E-state index contributed by atoms with van der Waals surface area (Å²) in [6.07, 6.45) is 0. The molecule has 1 rings (SSSR count). The molecule has 0 saturated heterocycles. The smallest absolute Gasteiger partial charge is 0.255 e. The van der Waals surface area contributed by atoms with Crippen molar-refractivity contribution in [1.29, 1.82) is 0 Å². The second-order valence-corrected chi connectivity index (χ2v) is 2.61. The SMILES string of the molecule is O=C(NCCF)c1ccc(F)cc1O. The standard InChI is InChI=1S/C9H9F2NO2/c10-3-4-12-9(14)7-2-1-6(11)5-8(7)13/h1-2,5,13H,3-4H2,(H,12,14). The highest BCUT2D eigenvalue weighted by atomic mass is 19.1. The van der Waals surface area contributed by atoms with Crippen LogP contribution in [0, 0.1) is 5.82 Å². The summed E-state index contributed by atoms with van der Waals surface area (Å²) >= 11 is 0. The minimum atomic E-state index is -0.687. The molecule has 1 aromatic rings. The van der Waals surface area contributed by atoms with Crippen molar-refractivity contribution < 1.29 is 18.7 Å². The number of aromatic hydroxyl groups is 1. The van der Waals surface area contributed by atoms with Gasteiger partial charge in [0.05, 0.1) is 5.56 Å². The Kier molecular flexibility index (Phi) is 3.39. The first kappa shape index (κ1) is 10.4. The maximum atomic E-state index is 12.5. The fourth-order valence-corrected chi connectivity index (χ4v) is 0.953. The first-order valence-corrected chi connectivity index (χ1v) is 3.98. The number of hydrogen-bond donors (Lipinski definition) is 2. The van der Waals surface area contributed by atoms with Gasteiger partial charge in [0.15, 0.2) is 0 Å². The molecule has 3 nitrogen and oxygen atoms in total. The number of phenols is 1. The van der Waals surface area contributed by atoms with E-state index in [-0.39, 0.29) is 12.1 Å². The number of carbonyl (C=O) groups excluding carboxylic acids is 1. The molecular weight excluding hydrogens is 192 g/mol. The van der Waals surface area contributed by atoms with Crippen LogP contribution in [-0.2, 0) is 0 Å². The summed E-state index contributed by atoms with van der Waals surface area (Å²) < 4.78 is 24.2. The van der Waals surface area contributed by atoms with Gasteiger partial charge >= 0.3 is 0 Å². The minimum Gasteiger partial charge on any atom is -0.507 e. The molecule has 5 heteroatoms. The summed E-state index contributed by atoms with van der Waals surface area (Å²) in [5, 5.41) is 11.4. The summed E-state index contributed by atoms with van der Waals surface area (Å²) in [5.41, 5.74) is -0.0696. The largest absolute Gasteiger partial charge is 0.507 e. The molecule has 1 aromatic carbocycles. The second kappa shape index (κ2) is 4.55. The van der Waals surface area contributed by atoms with E-state index in [1.807, 2.05) is 0 Å². The van der Waals surface area contributed by atoms with E-state index in [0.717, 1.165) is 18.2 Å². The lowest BCUT2D eigenvalue weighted by molar-refractivity contribution is 0.0948. The first-order valence-electron chi connectivity index (χ1n) is 3.98. The van der Waals surface area contributed by atoms with E-state index in [0.29, 0.717) is 0 Å².